The van der Waals surface area contributed by atoms with Crippen LogP contribution in [-0.4, -0.2) is 19.5 Å². The van der Waals surface area contributed by atoms with E-state index in [-0.39, 0.29) is 0 Å². The lowest BCUT2D eigenvalue weighted by Gasteiger charge is -2.08. The minimum atomic E-state index is 0.657. The molecule has 0 atom stereocenters. The molecule has 0 aliphatic carbocycles. The van der Waals surface area contributed by atoms with Crippen LogP contribution in [0.15, 0.2) is 55.0 Å². The summed E-state index contributed by atoms with van der Waals surface area (Å²) in [5, 5.41) is 1.07. The minimum absolute atomic E-state index is 0.657. The van der Waals surface area contributed by atoms with Gasteiger partial charge in [0.05, 0.1) is 28.4 Å². The Hall–Kier alpha value is -2.53. The normalized spacial score (nSPS) is 11.2. The van der Waals surface area contributed by atoms with Crippen molar-refractivity contribution in [3.63, 3.8) is 0 Å². The van der Waals surface area contributed by atoms with Crippen molar-refractivity contribution in [3.05, 3.63) is 59.8 Å². The molecule has 20 heavy (non-hydrogen) atoms. The molecule has 0 bridgehead atoms. The second-order valence-electron chi connectivity index (χ2n) is 4.51. The summed E-state index contributed by atoms with van der Waals surface area (Å²) in [6, 6.07) is 12.0. The van der Waals surface area contributed by atoms with Crippen LogP contribution in [0.1, 0.15) is 0 Å². The summed E-state index contributed by atoms with van der Waals surface area (Å²) >= 11 is 5.46. The van der Waals surface area contributed by atoms with Crippen LogP contribution in [0.25, 0.3) is 27.6 Å². The predicted molar refractivity (Wildman–Crippen MR) is 81.6 cm³/mol. The van der Waals surface area contributed by atoms with Crippen molar-refractivity contribution in [2.45, 2.75) is 0 Å². The van der Waals surface area contributed by atoms with Crippen LogP contribution in [0, 0.1) is 4.77 Å². The number of fused-ring (bicyclic) bond motifs is 2. The van der Waals surface area contributed by atoms with Gasteiger partial charge in [-0.2, -0.15) is 0 Å². The molecule has 96 valence electrons. The van der Waals surface area contributed by atoms with Crippen LogP contribution in [0.4, 0.5) is 0 Å². The number of aromatic nitrogens is 4. The highest BCUT2D eigenvalue weighted by Gasteiger charge is 2.09. The number of nitrogens with zero attached hydrogens (tertiary/aromatic N) is 3. The lowest BCUT2D eigenvalue weighted by atomic mass is 10.2. The van der Waals surface area contributed by atoms with E-state index >= 15 is 0 Å². The van der Waals surface area contributed by atoms with Gasteiger partial charge in [0.1, 0.15) is 0 Å². The first-order valence-corrected chi connectivity index (χ1v) is 6.64. The van der Waals surface area contributed by atoms with Crippen LogP contribution in [0.2, 0.25) is 0 Å². The number of nitrogens with one attached hydrogen (secondary N) is 1. The third-order valence-corrected chi connectivity index (χ3v) is 3.63. The van der Waals surface area contributed by atoms with E-state index < -0.39 is 0 Å². The maximum atomic E-state index is 5.46. The summed E-state index contributed by atoms with van der Waals surface area (Å²) in [5.41, 5.74) is 3.92. The number of hydrogen-bond donors (Lipinski definition) is 1. The summed E-state index contributed by atoms with van der Waals surface area (Å²) in [4.78, 5) is 11.7. The summed E-state index contributed by atoms with van der Waals surface area (Å²) < 4.78 is 2.68. The first-order chi connectivity index (χ1) is 9.84. The van der Waals surface area contributed by atoms with Gasteiger partial charge in [-0.25, -0.2) is 0 Å². The fourth-order valence-corrected chi connectivity index (χ4v) is 2.79. The maximum absolute atomic E-state index is 5.46. The first kappa shape index (κ1) is 11.3. The quantitative estimate of drug-likeness (QED) is 0.541. The fraction of sp³-hybridized carbons (Fsp3) is 0. The molecule has 0 amide bonds. The monoisotopic (exact) mass is 278 g/mol. The standard InChI is InChI=1S/C15H10N4S/c20-15-18-12-9-16-8-6-14(12)19(15)13-5-1-4-11-10(13)3-2-7-17-11/h1-9H,(H,18,20). The molecule has 0 radical (unpaired) electrons. The molecule has 0 saturated carbocycles. The molecule has 0 saturated heterocycles. The summed E-state index contributed by atoms with van der Waals surface area (Å²) in [5.74, 6) is 0. The third-order valence-electron chi connectivity index (χ3n) is 3.35. The van der Waals surface area contributed by atoms with Gasteiger partial charge in [0, 0.05) is 17.8 Å². The fourth-order valence-electron chi connectivity index (χ4n) is 2.48. The zero-order valence-electron chi connectivity index (χ0n) is 10.4. The Morgan fingerprint density at radius 2 is 2.00 bits per heavy atom. The highest BCUT2D eigenvalue weighted by molar-refractivity contribution is 7.71. The van der Waals surface area contributed by atoms with E-state index in [4.69, 9.17) is 12.2 Å². The van der Waals surface area contributed by atoms with E-state index in [1.165, 1.54) is 0 Å². The zero-order valence-corrected chi connectivity index (χ0v) is 11.3. The van der Waals surface area contributed by atoms with E-state index in [2.05, 4.69) is 21.0 Å². The van der Waals surface area contributed by atoms with Crippen molar-refractivity contribution in [2.75, 3.05) is 0 Å². The molecule has 1 N–H and O–H groups in total. The smallest absolute Gasteiger partial charge is 0.182 e. The second-order valence-corrected chi connectivity index (χ2v) is 4.89. The van der Waals surface area contributed by atoms with Gasteiger partial charge in [-0.05, 0) is 42.5 Å². The molecule has 0 fully saturated rings. The van der Waals surface area contributed by atoms with Crippen molar-refractivity contribution in [1.82, 2.24) is 19.5 Å². The number of H-pyrrole nitrogens is 1. The molecule has 4 rings (SSSR count). The average molecular weight is 278 g/mol. The molecule has 0 spiro atoms. The molecule has 4 nitrogen and oxygen atoms in total. The van der Waals surface area contributed by atoms with Gasteiger partial charge in [0.15, 0.2) is 4.77 Å². The molecular weight excluding hydrogens is 268 g/mol. The molecule has 0 aliphatic heterocycles. The maximum Gasteiger partial charge on any atom is 0.182 e. The molecule has 5 heteroatoms. The topological polar surface area (TPSA) is 46.5 Å². The van der Waals surface area contributed by atoms with E-state index in [1.807, 2.05) is 34.9 Å². The molecule has 0 unspecified atom stereocenters. The van der Waals surface area contributed by atoms with Crippen LogP contribution in [0.5, 0.6) is 0 Å². The third kappa shape index (κ3) is 1.57. The highest BCUT2D eigenvalue weighted by Crippen LogP contribution is 2.24. The highest BCUT2D eigenvalue weighted by atomic mass is 32.1. The molecule has 3 aromatic heterocycles. The Balaban J connectivity index is 2.17. The largest absolute Gasteiger partial charge is 0.329 e. The predicted octanol–water partition coefficient (Wildman–Crippen LogP) is 3.63. The Morgan fingerprint density at radius 1 is 1.05 bits per heavy atom. The minimum Gasteiger partial charge on any atom is -0.329 e. The lowest BCUT2D eigenvalue weighted by Crippen LogP contribution is -1.95. The Bertz CT molecular complexity index is 978. The molecule has 0 aliphatic rings. The van der Waals surface area contributed by atoms with E-state index in [0.717, 1.165) is 27.6 Å². The van der Waals surface area contributed by atoms with Gasteiger partial charge in [0.25, 0.3) is 0 Å². The van der Waals surface area contributed by atoms with Gasteiger partial charge in [0.2, 0.25) is 0 Å². The van der Waals surface area contributed by atoms with Crippen molar-refractivity contribution in [1.29, 1.82) is 0 Å². The van der Waals surface area contributed by atoms with Crippen molar-refractivity contribution in [2.24, 2.45) is 0 Å². The van der Waals surface area contributed by atoms with Crippen LogP contribution in [0.3, 0.4) is 0 Å². The molecule has 1 aromatic carbocycles. The van der Waals surface area contributed by atoms with Crippen LogP contribution in [-0.2, 0) is 0 Å². The number of imidazole rings is 1. The average Bonchev–Trinajstić information content (AvgIpc) is 2.82. The Kier molecular flexibility index (Phi) is 2.40. The second kappa shape index (κ2) is 4.25. The van der Waals surface area contributed by atoms with Crippen molar-refractivity contribution >= 4 is 34.2 Å². The van der Waals surface area contributed by atoms with Crippen LogP contribution >= 0.6 is 12.2 Å². The lowest BCUT2D eigenvalue weighted by molar-refractivity contribution is 1.07. The number of hydrogen-bond acceptors (Lipinski definition) is 3. The number of rotatable bonds is 1. The number of benzene rings is 1. The van der Waals surface area contributed by atoms with E-state index in [1.54, 1.807) is 18.6 Å². The van der Waals surface area contributed by atoms with Crippen molar-refractivity contribution < 1.29 is 0 Å². The van der Waals surface area contributed by atoms with Gasteiger partial charge in [-0.15, -0.1) is 0 Å². The summed E-state index contributed by atoms with van der Waals surface area (Å²) in [6.07, 6.45) is 5.35. The molecule has 4 aromatic rings. The van der Waals surface area contributed by atoms with E-state index in [0.29, 0.717) is 4.77 Å². The SMILES string of the molecule is S=c1[nH]c2cnccc2n1-c1cccc2ncccc12. The van der Waals surface area contributed by atoms with Gasteiger partial charge >= 0.3 is 0 Å². The van der Waals surface area contributed by atoms with Gasteiger partial charge < -0.3 is 4.98 Å². The van der Waals surface area contributed by atoms with Gasteiger partial charge in [-0.1, -0.05) is 6.07 Å². The van der Waals surface area contributed by atoms with Crippen LogP contribution < -0.4 is 0 Å². The zero-order chi connectivity index (χ0) is 13.5. The Labute approximate surface area is 119 Å². The summed E-state index contributed by atoms with van der Waals surface area (Å²) in [6.45, 7) is 0. The first-order valence-electron chi connectivity index (χ1n) is 6.23. The Morgan fingerprint density at radius 3 is 2.95 bits per heavy atom. The number of aromatic amines is 1. The number of pyridine rings is 2. The molecule has 3 heterocycles. The van der Waals surface area contributed by atoms with E-state index in [9.17, 15) is 0 Å². The van der Waals surface area contributed by atoms with Crippen molar-refractivity contribution in [3.8, 4) is 5.69 Å². The van der Waals surface area contributed by atoms with Gasteiger partial charge in [-0.3, -0.25) is 14.5 Å². The molecular formula is C15H10N4S. The summed E-state index contributed by atoms with van der Waals surface area (Å²) in [7, 11) is 0.